The molecule has 4 nitrogen and oxygen atoms in total. The van der Waals surface area contributed by atoms with Crippen molar-refractivity contribution in [2.24, 2.45) is 10.9 Å². The van der Waals surface area contributed by atoms with Crippen molar-refractivity contribution in [1.82, 2.24) is 15.0 Å². The highest BCUT2D eigenvalue weighted by atomic mass is 15.0. The van der Waals surface area contributed by atoms with E-state index in [9.17, 15) is 0 Å². The monoisotopic (exact) mass is 514 g/mol. The Morgan fingerprint density at radius 2 is 1.30 bits per heavy atom. The Balaban J connectivity index is 1.31. The van der Waals surface area contributed by atoms with Gasteiger partial charge in [-0.15, -0.1) is 0 Å². The van der Waals surface area contributed by atoms with E-state index in [0.717, 1.165) is 22.4 Å². The first-order valence-electron chi connectivity index (χ1n) is 13.7. The molecule has 1 aliphatic heterocycles. The van der Waals surface area contributed by atoms with Gasteiger partial charge in [0.15, 0.2) is 17.5 Å². The summed E-state index contributed by atoms with van der Waals surface area (Å²) in [6.45, 7) is 4.26. The smallest absolute Gasteiger partial charge is 0.164 e. The molecule has 0 radical (unpaired) electrons. The summed E-state index contributed by atoms with van der Waals surface area (Å²) in [6.07, 6.45) is 18.1. The van der Waals surface area contributed by atoms with E-state index in [-0.39, 0.29) is 12.0 Å². The summed E-state index contributed by atoms with van der Waals surface area (Å²) in [5, 5.41) is 0. The van der Waals surface area contributed by atoms with Crippen LogP contribution in [-0.4, -0.2) is 26.7 Å². The number of aliphatic imine (C=N–C) groups is 1. The molecule has 190 valence electrons. The van der Waals surface area contributed by atoms with Gasteiger partial charge in [0, 0.05) is 28.3 Å². The summed E-state index contributed by atoms with van der Waals surface area (Å²) in [7, 11) is 0. The summed E-state index contributed by atoms with van der Waals surface area (Å²) in [6, 6.07) is 20.3. The summed E-state index contributed by atoms with van der Waals surface area (Å²) >= 11 is 0. The zero-order valence-corrected chi connectivity index (χ0v) is 22.3. The molecule has 0 saturated carbocycles. The lowest BCUT2D eigenvalue weighted by atomic mass is 9.65. The van der Waals surface area contributed by atoms with Crippen LogP contribution in [0.2, 0.25) is 0 Å². The van der Waals surface area contributed by atoms with Crippen LogP contribution in [0.15, 0.2) is 153 Å². The first-order chi connectivity index (χ1) is 19.6. The molecule has 4 aliphatic carbocycles. The standard InChI is InChI=1S/C36H26N4/c1-21-19-27-20-26-15-16-28-29(17-13-23-14-18-30(32(26)31(23)28)33(27)37-22(21)2)36-39-34(24-9-5-3-6-10-24)38-35(40-36)25-11-7-4-8-12-25/h3-20,31,33H,1-2H3. The Hall–Kier alpha value is -4.96. The molecule has 8 rings (SSSR count). The van der Waals surface area contributed by atoms with Gasteiger partial charge < -0.3 is 0 Å². The fourth-order valence-corrected chi connectivity index (χ4v) is 6.26. The van der Waals surface area contributed by atoms with Gasteiger partial charge in [-0.25, -0.2) is 15.0 Å². The Labute approximate surface area is 233 Å². The van der Waals surface area contributed by atoms with Gasteiger partial charge in [0.2, 0.25) is 0 Å². The van der Waals surface area contributed by atoms with E-state index in [2.05, 4.69) is 62.5 Å². The third kappa shape index (κ3) is 3.53. The van der Waals surface area contributed by atoms with Gasteiger partial charge in [-0.3, -0.25) is 4.99 Å². The molecule has 40 heavy (non-hydrogen) atoms. The van der Waals surface area contributed by atoms with E-state index >= 15 is 0 Å². The second kappa shape index (κ2) is 8.78. The first-order valence-corrected chi connectivity index (χ1v) is 13.7. The van der Waals surface area contributed by atoms with E-state index in [1.54, 1.807) is 0 Å². The maximum Gasteiger partial charge on any atom is 0.164 e. The largest absolute Gasteiger partial charge is 0.277 e. The third-order valence-corrected chi connectivity index (χ3v) is 8.36. The van der Waals surface area contributed by atoms with E-state index in [4.69, 9.17) is 19.9 Å². The van der Waals surface area contributed by atoms with E-state index in [0.29, 0.717) is 17.5 Å². The van der Waals surface area contributed by atoms with Crippen molar-refractivity contribution in [3.8, 4) is 22.8 Å². The van der Waals surface area contributed by atoms with Crippen LogP contribution in [0.3, 0.4) is 0 Å². The molecule has 3 aromatic rings. The fourth-order valence-electron chi connectivity index (χ4n) is 6.26. The molecule has 5 aliphatic rings. The van der Waals surface area contributed by atoms with Crippen molar-refractivity contribution in [2.45, 2.75) is 19.9 Å². The summed E-state index contributed by atoms with van der Waals surface area (Å²) < 4.78 is 0. The molecule has 0 bridgehead atoms. The van der Waals surface area contributed by atoms with Crippen LogP contribution in [0.4, 0.5) is 0 Å². The van der Waals surface area contributed by atoms with Gasteiger partial charge in [0.05, 0.1) is 0 Å². The van der Waals surface area contributed by atoms with Gasteiger partial charge in [-0.05, 0) is 58.9 Å². The minimum Gasteiger partial charge on any atom is -0.277 e. The minimum absolute atomic E-state index is 0.0499. The average Bonchev–Trinajstić information content (AvgIpc) is 3.01. The predicted molar refractivity (Wildman–Crippen MR) is 161 cm³/mol. The molecular formula is C36H26N4. The lowest BCUT2D eigenvalue weighted by molar-refractivity contribution is 0.781. The van der Waals surface area contributed by atoms with E-state index in [1.165, 1.54) is 39.0 Å². The molecule has 2 atom stereocenters. The number of nitrogens with zero attached hydrogens (tertiary/aromatic N) is 4. The minimum atomic E-state index is 0.0499. The van der Waals surface area contributed by atoms with Crippen molar-refractivity contribution in [3.63, 3.8) is 0 Å². The average molecular weight is 515 g/mol. The number of benzene rings is 2. The SMILES string of the molecule is CC1=CC2=CC3=C4C(=CC=C5C=CC(c6nc(-c7ccccc7)nc(-c7ccccc7)n6)=C(C=C3)C54)C2N=C1C. The summed E-state index contributed by atoms with van der Waals surface area (Å²) in [4.78, 5) is 20.1. The molecule has 0 spiro atoms. The molecule has 1 aromatic heterocycles. The number of rotatable bonds is 3. The molecule has 4 heteroatoms. The quantitative estimate of drug-likeness (QED) is 0.361. The van der Waals surface area contributed by atoms with Gasteiger partial charge in [0.25, 0.3) is 0 Å². The lowest BCUT2D eigenvalue weighted by Crippen LogP contribution is -2.30. The lowest BCUT2D eigenvalue weighted by Gasteiger charge is -2.40. The van der Waals surface area contributed by atoms with Crippen LogP contribution in [0.25, 0.3) is 28.3 Å². The molecular weight excluding hydrogens is 488 g/mol. The van der Waals surface area contributed by atoms with E-state index < -0.39 is 0 Å². The second-order valence-corrected chi connectivity index (χ2v) is 10.8. The topological polar surface area (TPSA) is 51.0 Å². The Bertz CT molecular complexity index is 1830. The highest BCUT2D eigenvalue weighted by Crippen LogP contribution is 2.51. The third-order valence-electron chi connectivity index (χ3n) is 8.36. The zero-order valence-electron chi connectivity index (χ0n) is 22.3. The number of hydrogen-bond acceptors (Lipinski definition) is 4. The molecule has 2 aromatic carbocycles. The number of aromatic nitrogens is 3. The fraction of sp³-hybridized carbons (Fsp3) is 0.111. The van der Waals surface area contributed by atoms with Crippen LogP contribution in [0.5, 0.6) is 0 Å². The Morgan fingerprint density at radius 1 is 0.625 bits per heavy atom. The number of fused-ring (bicyclic) bond motifs is 2. The molecule has 0 fully saturated rings. The van der Waals surface area contributed by atoms with Crippen LogP contribution in [0, 0.1) is 5.92 Å². The van der Waals surface area contributed by atoms with E-state index in [1.807, 2.05) is 60.7 Å². The first kappa shape index (κ1) is 23.0. The van der Waals surface area contributed by atoms with Crippen molar-refractivity contribution < 1.29 is 0 Å². The van der Waals surface area contributed by atoms with Crippen LogP contribution < -0.4 is 0 Å². The highest BCUT2D eigenvalue weighted by molar-refractivity contribution is 6.00. The molecule has 2 heterocycles. The Morgan fingerprint density at radius 3 is 2.00 bits per heavy atom. The van der Waals surface area contributed by atoms with Gasteiger partial charge in [0.1, 0.15) is 6.04 Å². The van der Waals surface area contributed by atoms with Crippen LogP contribution >= 0.6 is 0 Å². The molecule has 0 N–H and O–H groups in total. The highest BCUT2D eigenvalue weighted by Gasteiger charge is 2.39. The zero-order chi connectivity index (χ0) is 26.8. The second-order valence-electron chi connectivity index (χ2n) is 10.8. The Kier molecular flexibility index (Phi) is 5.05. The summed E-state index contributed by atoms with van der Waals surface area (Å²) in [5.41, 5.74) is 13.0. The maximum absolute atomic E-state index is 5.12. The predicted octanol–water partition coefficient (Wildman–Crippen LogP) is 7.61. The number of hydrogen-bond donors (Lipinski definition) is 0. The van der Waals surface area contributed by atoms with Crippen molar-refractivity contribution in [3.05, 3.63) is 154 Å². The van der Waals surface area contributed by atoms with Gasteiger partial charge in [-0.2, -0.15) is 0 Å². The normalized spacial score (nSPS) is 22.1. The van der Waals surface area contributed by atoms with Gasteiger partial charge >= 0.3 is 0 Å². The summed E-state index contributed by atoms with van der Waals surface area (Å²) in [5.74, 6) is 2.18. The van der Waals surface area contributed by atoms with Gasteiger partial charge in [-0.1, -0.05) is 103 Å². The van der Waals surface area contributed by atoms with Crippen LogP contribution in [0.1, 0.15) is 19.7 Å². The van der Waals surface area contributed by atoms with Crippen molar-refractivity contribution in [1.29, 1.82) is 0 Å². The molecule has 0 saturated heterocycles. The molecule has 0 amide bonds. The van der Waals surface area contributed by atoms with Crippen molar-refractivity contribution >= 4 is 11.3 Å². The van der Waals surface area contributed by atoms with Crippen molar-refractivity contribution in [2.75, 3.05) is 0 Å². The van der Waals surface area contributed by atoms with Crippen LogP contribution in [-0.2, 0) is 0 Å². The molecule has 2 unspecified atom stereocenters. The maximum atomic E-state index is 5.12. The number of allylic oxidation sites excluding steroid dienone is 12. The number of dihydropyridines is 1.